The largest absolute Gasteiger partial charge is 0.481 e. The number of benzene rings is 1. The van der Waals surface area contributed by atoms with E-state index < -0.39 is 23.1 Å². The molecule has 1 rings (SSSR count). The van der Waals surface area contributed by atoms with Crippen molar-refractivity contribution in [3.8, 4) is 5.75 Å². The van der Waals surface area contributed by atoms with Crippen LogP contribution < -0.4 is 4.74 Å². The van der Waals surface area contributed by atoms with Gasteiger partial charge >= 0.3 is 11.9 Å². The van der Waals surface area contributed by atoms with E-state index in [4.69, 9.17) is 14.6 Å². The molecule has 0 amide bonds. The minimum Gasteiger partial charge on any atom is -0.481 e. The summed E-state index contributed by atoms with van der Waals surface area (Å²) in [6.07, 6.45) is 1.45. The number of aliphatic carboxylic acids is 1. The SMILES string of the molecule is CC(C)(C)OC(=O)C(C)(C)Oc1ccc(CCCC(=O)O)cc1. The van der Waals surface area contributed by atoms with Crippen LogP contribution in [0.2, 0.25) is 0 Å². The molecule has 0 heterocycles. The topological polar surface area (TPSA) is 72.8 Å². The maximum atomic E-state index is 12.2. The second-order valence-corrected chi connectivity index (χ2v) is 7.01. The fourth-order valence-electron chi connectivity index (χ4n) is 1.91. The molecule has 0 fully saturated rings. The van der Waals surface area contributed by atoms with Crippen molar-refractivity contribution >= 4 is 11.9 Å². The predicted molar refractivity (Wildman–Crippen MR) is 87.6 cm³/mol. The smallest absolute Gasteiger partial charge is 0.350 e. The van der Waals surface area contributed by atoms with Gasteiger partial charge in [0.25, 0.3) is 0 Å². The Balaban J connectivity index is 2.62. The van der Waals surface area contributed by atoms with Crippen LogP contribution >= 0.6 is 0 Å². The highest BCUT2D eigenvalue weighted by atomic mass is 16.6. The summed E-state index contributed by atoms with van der Waals surface area (Å²) in [5.41, 5.74) is -0.613. The first-order chi connectivity index (χ1) is 10.5. The average Bonchev–Trinajstić information content (AvgIpc) is 2.38. The molecule has 0 aliphatic heterocycles. The van der Waals surface area contributed by atoms with E-state index in [1.807, 2.05) is 32.9 Å². The van der Waals surface area contributed by atoms with Crippen LogP contribution in [0.3, 0.4) is 0 Å². The molecular weight excluding hydrogens is 296 g/mol. The van der Waals surface area contributed by atoms with E-state index in [0.29, 0.717) is 18.6 Å². The lowest BCUT2D eigenvalue weighted by atomic mass is 10.1. The van der Waals surface area contributed by atoms with E-state index in [2.05, 4.69) is 0 Å². The van der Waals surface area contributed by atoms with Crippen molar-refractivity contribution in [1.29, 1.82) is 0 Å². The van der Waals surface area contributed by atoms with Gasteiger partial charge in [0, 0.05) is 6.42 Å². The number of ether oxygens (including phenoxy) is 2. The summed E-state index contributed by atoms with van der Waals surface area (Å²) in [7, 11) is 0. The maximum Gasteiger partial charge on any atom is 0.350 e. The third kappa shape index (κ3) is 7.17. The first-order valence-corrected chi connectivity index (χ1v) is 7.73. The highest BCUT2D eigenvalue weighted by Gasteiger charge is 2.34. The van der Waals surface area contributed by atoms with Crippen molar-refractivity contribution in [2.24, 2.45) is 0 Å². The molecule has 0 aliphatic carbocycles. The maximum absolute atomic E-state index is 12.2. The third-order valence-electron chi connectivity index (χ3n) is 3.04. The van der Waals surface area contributed by atoms with Crippen LogP contribution in [0.5, 0.6) is 5.75 Å². The molecule has 0 saturated carbocycles. The van der Waals surface area contributed by atoms with Crippen LogP contribution in [0.1, 0.15) is 53.0 Å². The molecule has 5 heteroatoms. The van der Waals surface area contributed by atoms with Crippen molar-refractivity contribution < 1.29 is 24.2 Å². The molecule has 0 bridgehead atoms. The normalized spacial score (nSPS) is 11.9. The zero-order valence-electron chi connectivity index (χ0n) is 14.5. The Morgan fingerprint density at radius 2 is 1.61 bits per heavy atom. The van der Waals surface area contributed by atoms with E-state index in [1.165, 1.54) is 0 Å². The summed E-state index contributed by atoms with van der Waals surface area (Å²) in [5.74, 6) is -0.637. The molecule has 0 atom stereocenters. The number of esters is 1. The van der Waals surface area contributed by atoms with Gasteiger partial charge in [0.05, 0.1) is 0 Å². The number of hydrogen-bond donors (Lipinski definition) is 1. The fourth-order valence-corrected chi connectivity index (χ4v) is 1.91. The van der Waals surface area contributed by atoms with Gasteiger partial charge in [0.15, 0.2) is 5.60 Å². The Morgan fingerprint density at radius 1 is 1.04 bits per heavy atom. The van der Waals surface area contributed by atoms with Gasteiger partial charge in [-0.05, 0) is 65.2 Å². The molecular formula is C18H26O5. The highest BCUT2D eigenvalue weighted by Crippen LogP contribution is 2.22. The summed E-state index contributed by atoms with van der Waals surface area (Å²) in [6, 6.07) is 7.31. The van der Waals surface area contributed by atoms with Crippen molar-refractivity contribution in [3.05, 3.63) is 29.8 Å². The number of rotatable bonds is 7. The van der Waals surface area contributed by atoms with E-state index in [1.54, 1.807) is 26.0 Å². The van der Waals surface area contributed by atoms with E-state index in [-0.39, 0.29) is 6.42 Å². The Kier molecular flexibility index (Phi) is 6.19. The first-order valence-electron chi connectivity index (χ1n) is 7.73. The molecule has 0 unspecified atom stereocenters. The number of carbonyl (C=O) groups is 2. The zero-order valence-corrected chi connectivity index (χ0v) is 14.5. The van der Waals surface area contributed by atoms with Gasteiger partial charge in [0.2, 0.25) is 0 Å². The monoisotopic (exact) mass is 322 g/mol. The Bertz CT molecular complexity index is 538. The van der Waals surface area contributed by atoms with Gasteiger partial charge in [0.1, 0.15) is 11.4 Å². The van der Waals surface area contributed by atoms with E-state index in [0.717, 1.165) is 5.56 Å². The van der Waals surface area contributed by atoms with E-state index >= 15 is 0 Å². The molecule has 0 aliphatic rings. The molecule has 0 radical (unpaired) electrons. The quantitative estimate of drug-likeness (QED) is 0.777. The Hall–Kier alpha value is -2.04. The number of aryl methyl sites for hydroxylation is 1. The molecule has 5 nitrogen and oxygen atoms in total. The van der Waals surface area contributed by atoms with Crippen molar-refractivity contribution in [2.45, 2.75) is 65.1 Å². The summed E-state index contributed by atoms with van der Waals surface area (Å²) >= 11 is 0. The lowest BCUT2D eigenvalue weighted by Gasteiger charge is -2.29. The fraction of sp³-hybridized carbons (Fsp3) is 0.556. The third-order valence-corrected chi connectivity index (χ3v) is 3.04. The van der Waals surface area contributed by atoms with Crippen LogP contribution in [-0.4, -0.2) is 28.2 Å². The van der Waals surface area contributed by atoms with Gasteiger partial charge in [-0.25, -0.2) is 4.79 Å². The molecule has 0 saturated heterocycles. The Morgan fingerprint density at radius 3 is 2.09 bits per heavy atom. The number of hydrogen-bond acceptors (Lipinski definition) is 4. The highest BCUT2D eigenvalue weighted by molar-refractivity contribution is 5.79. The van der Waals surface area contributed by atoms with Gasteiger partial charge in [-0.2, -0.15) is 0 Å². The van der Waals surface area contributed by atoms with E-state index in [9.17, 15) is 9.59 Å². The van der Waals surface area contributed by atoms with Crippen LogP contribution in [-0.2, 0) is 20.7 Å². The van der Waals surface area contributed by atoms with Crippen LogP contribution in [0.4, 0.5) is 0 Å². The average molecular weight is 322 g/mol. The predicted octanol–water partition coefficient (Wildman–Crippen LogP) is 3.59. The van der Waals surface area contributed by atoms with Gasteiger partial charge < -0.3 is 14.6 Å². The van der Waals surface area contributed by atoms with Crippen molar-refractivity contribution in [3.63, 3.8) is 0 Å². The number of carbonyl (C=O) groups excluding carboxylic acids is 1. The molecule has 128 valence electrons. The number of carboxylic acids is 1. The molecule has 0 spiro atoms. The van der Waals surface area contributed by atoms with Crippen molar-refractivity contribution in [2.75, 3.05) is 0 Å². The standard InChI is InChI=1S/C18H26O5/c1-17(2,3)23-16(21)18(4,5)22-14-11-9-13(10-12-14)7-6-8-15(19)20/h9-12H,6-8H2,1-5H3,(H,19,20). The first kappa shape index (κ1) is 19.0. The molecule has 0 aromatic heterocycles. The second-order valence-electron chi connectivity index (χ2n) is 7.01. The lowest BCUT2D eigenvalue weighted by molar-refractivity contribution is -0.170. The number of carboxylic acid groups (broad SMARTS) is 1. The summed E-state index contributed by atoms with van der Waals surface area (Å²) < 4.78 is 11.1. The minimum absolute atomic E-state index is 0.157. The van der Waals surface area contributed by atoms with Crippen LogP contribution in [0.15, 0.2) is 24.3 Å². The zero-order chi connectivity index (χ0) is 17.7. The van der Waals surface area contributed by atoms with Gasteiger partial charge in [-0.1, -0.05) is 12.1 Å². The Labute approximate surface area is 137 Å². The molecule has 1 aromatic carbocycles. The minimum atomic E-state index is -1.09. The summed E-state index contributed by atoms with van der Waals surface area (Å²) in [5, 5.41) is 8.63. The van der Waals surface area contributed by atoms with Crippen molar-refractivity contribution in [1.82, 2.24) is 0 Å². The van der Waals surface area contributed by atoms with Crippen LogP contribution in [0, 0.1) is 0 Å². The molecule has 1 N–H and O–H groups in total. The molecule has 1 aromatic rings. The summed E-state index contributed by atoms with van der Waals surface area (Å²) in [6.45, 7) is 8.77. The second kappa shape index (κ2) is 7.49. The van der Waals surface area contributed by atoms with Gasteiger partial charge in [-0.3, -0.25) is 4.79 Å². The van der Waals surface area contributed by atoms with Gasteiger partial charge in [-0.15, -0.1) is 0 Å². The van der Waals surface area contributed by atoms with Crippen LogP contribution in [0.25, 0.3) is 0 Å². The lowest BCUT2D eigenvalue weighted by Crippen LogP contribution is -2.43. The summed E-state index contributed by atoms with van der Waals surface area (Å²) in [4.78, 5) is 22.7. The molecule has 23 heavy (non-hydrogen) atoms.